The number of hydrogen-bond acceptors (Lipinski definition) is 3. The Bertz CT molecular complexity index is 554. The van der Waals surface area contributed by atoms with Crippen LogP contribution in [0.25, 0.3) is 0 Å². The van der Waals surface area contributed by atoms with Gasteiger partial charge in [-0.05, 0) is 30.7 Å². The molecule has 0 aliphatic carbocycles. The fourth-order valence-electron chi connectivity index (χ4n) is 1.83. The molecule has 0 bridgehead atoms. The van der Waals surface area contributed by atoms with Crippen LogP contribution in [0.15, 0.2) is 18.2 Å². The second-order valence-electron chi connectivity index (χ2n) is 5.40. The van der Waals surface area contributed by atoms with Crippen LogP contribution in [0.1, 0.15) is 38.0 Å². The van der Waals surface area contributed by atoms with Crippen LogP contribution in [0.2, 0.25) is 5.28 Å². The molecule has 0 N–H and O–H groups in total. The van der Waals surface area contributed by atoms with E-state index < -0.39 is 0 Å². The number of pyridine rings is 1. The van der Waals surface area contributed by atoms with Crippen LogP contribution in [0.5, 0.6) is 0 Å². The third kappa shape index (κ3) is 2.70. The molecule has 2 aromatic heterocycles. The lowest BCUT2D eigenvalue weighted by molar-refractivity contribution is 0.508. The Labute approximate surface area is 112 Å². The Morgan fingerprint density at radius 2 is 1.94 bits per heavy atom. The van der Waals surface area contributed by atoms with E-state index in [9.17, 15) is 0 Å². The molecule has 0 saturated heterocycles. The van der Waals surface area contributed by atoms with Gasteiger partial charge in [-0.1, -0.05) is 26.8 Å². The summed E-state index contributed by atoms with van der Waals surface area (Å²) in [5, 5.41) is 8.52. The van der Waals surface area contributed by atoms with Crippen LogP contribution in [0.3, 0.4) is 0 Å². The second kappa shape index (κ2) is 4.69. The molecular weight excluding hydrogens is 248 g/mol. The Morgan fingerprint density at radius 1 is 1.22 bits per heavy atom. The van der Waals surface area contributed by atoms with Gasteiger partial charge in [-0.2, -0.15) is 0 Å². The zero-order valence-corrected chi connectivity index (χ0v) is 11.9. The molecule has 0 aromatic carbocycles. The van der Waals surface area contributed by atoms with Crippen LogP contribution in [0.4, 0.5) is 0 Å². The smallest absolute Gasteiger partial charge is 0.225 e. The van der Waals surface area contributed by atoms with E-state index in [2.05, 4.69) is 36.0 Å². The molecule has 0 saturated carbocycles. The number of hydrogen-bond donors (Lipinski definition) is 0. The Hall–Kier alpha value is -1.42. The van der Waals surface area contributed by atoms with Crippen molar-refractivity contribution in [3.8, 4) is 0 Å². The summed E-state index contributed by atoms with van der Waals surface area (Å²) in [5.74, 6) is 0.871. The summed E-state index contributed by atoms with van der Waals surface area (Å²) in [4.78, 5) is 4.48. The van der Waals surface area contributed by atoms with Crippen molar-refractivity contribution >= 4 is 11.6 Å². The fourth-order valence-corrected chi connectivity index (χ4v) is 2.01. The first-order valence-electron chi connectivity index (χ1n) is 5.89. The molecule has 96 valence electrons. The first-order chi connectivity index (χ1) is 8.38. The lowest BCUT2D eigenvalue weighted by Gasteiger charge is -2.18. The number of aromatic nitrogens is 4. The van der Waals surface area contributed by atoms with E-state index in [-0.39, 0.29) is 5.41 Å². The van der Waals surface area contributed by atoms with Gasteiger partial charge in [-0.25, -0.2) is 0 Å². The van der Waals surface area contributed by atoms with Gasteiger partial charge < -0.3 is 0 Å². The molecule has 4 nitrogen and oxygen atoms in total. The standard InChI is InChI=1S/C13H17ClN4/c1-9-6-5-7-10(15-9)8-18-11(13(2,3)4)16-17-12(18)14/h5-7H,8H2,1-4H3. The number of nitrogens with zero attached hydrogens (tertiary/aromatic N) is 4. The normalized spacial score (nSPS) is 11.8. The van der Waals surface area contributed by atoms with Crippen molar-refractivity contribution in [1.82, 2.24) is 19.7 Å². The summed E-state index contributed by atoms with van der Waals surface area (Å²) in [5.41, 5.74) is 1.86. The summed E-state index contributed by atoms with van der Waals surface area (Å²) < 4.78 is 1.91. The topological polar surface area (TPSA) is 43.6 Å². The summed E-state index contributed by atoms with van der Waals surface area (Å²) in [6, 6.07) is 5.95. The van der Waals surface area contributed by atoms with Gasteiger partial charge in [-0.15, -0.1) is 10.2 Å². The van der Waals surface area contributed by atoms with Gasteiger partial charge in [0, 0.05) is 11.1 Å². The first-order valence-corrected chi connectivity index (χ1v) is 6.27. The number of halogens is 1. The number of rotatable bonds is 2. The van der Waals surface area contributed by atoms with Gasteiger partial charge in [0.05, 0.1) is 12.2 Å². The zero-order valence-electron chi connectivity index (χ0n) is 11.1. The molecule has 0 atom stereocenters. The van der Waals surface area contributed by atoms with Crippen molar-refractivity contribution in [2.24, 2.45) is 0 Å². The maximum atomic E-state index is 6.10. The monoisotopic (exact) mass is 264 g/mol. The van der Waals surface area contributed by atoms with Gasteiger partial charge in [0.25, 0.3) is 0 Å². The minimum Gasteiger partial charge on any atom is -0.295 e. The lowest BCUT2D eigenvalue weighted by atomic mass is 9.96. The first kappa shape index (κ1) is 13.0. The number of aryl methyl sites for hydroxylation is 1. The third-order valence-corrected chi connectivity index (χ3v) is 2.92. The van der Waals surface area contributed by atoms with E-state index in [0.29, 0.717) is 11.8 Å². The second-order valence-corrected chi connectivity index (χ2v) is 5.74. The van der Waals surface area contributed by atoms with Gasteiger partial charge in [0.1, 0.15) is 5.82 Å². The van der Waals surface area contributed by atoms with Crippen LogP contribution in [-0.4, -0.2) is 19.7 Å². The fraction of sp³-hybridized carbons (Fsp3) is 0.462. The Balaban J connectivity index is 2.37. The maximum absolute atomic E-state index is 6.10. The molecule has 18 heavy (non-hydrogen) atoms. The largest absolute Gasteiger partial charge is 0.295 e. The predicted octanol–water partition coefficient (Wildman–Crippen LogP) is 2.98. The molecule has 2 rings (SSSR count). The molecular formula is C13H17ClN4. The van der Waals surface area contributed by atoms with Crippen LogP contribution in [0, 0.1) is 6.92 Å². The minimum absolute atomic E-state index is 0.0933. The van der Waals surface area contributed by atoms with E-state index in [1.807, 2.05) is 29.7 Å². The van der Waals surface area contributed by atoms with Crippen molar-refractivity contribution in [1.29, 1.82) is 0 Å². The molecule has 0 amide bonds. The Morgan fingerprint density at radius 3 is 2.56 bits per heavy atom. The van der Waals surface area contributed by atoms with E-state index >= 15 is 0 Å². The molecule has 0 aliphatic rings. The van der Waals surface area contributed by atoms with E-state index in [1.54, 1.807) is 0 Å². The Kier molecular flexibility index (Phi) is 3.39. The van der Waals surface area contributed by atoms with E-state index in [1.165, 1.54) is 0 Å². The van der Waals surface area contributed by atoms with Gasteiger partial charge in [0.15, 0.2) is 0 Å². The molecule has 2 heterocycles. The quantitative estimate of drug-likeness (QED) is 0.838. The van der Waals surface area contributed by atoms with Crippen LogP contribution in [-0.2, 0) is 12.0 Å². The predicted molar refractivity (Wildman–Crippen MR) is 71.8 cm³/mol. The van der Waals surface area contributed by atoms with E-state index in [0.717, 1.165) is 17.2 Å². The van der Waals surface area contributed by atoms with Gasteiger partial charge in [-0.3, -0.25) is 9.55 Å². The van der Waals surface area contributed by atoms with E-state index in [4.69, 9.17) is 11.6 Å². The average molecular weight is 265 g/mol. The van der Waals surface area contributed by atoms with Crippen LogP contribution < -0.4 is 0 Å². The zero-order chi connectivity index (χ0) is 13.3. The highest BCUT2D eigenvalue weighted by atomic mass is 35.5. The van der Waals surface area contributed by atoms with Crippen molar-refractivity contribution < 1.29 is 0 Å². The molecule has 0 aliphatic heterocycles. The molecule has 5 heteroatoms. The summed E-state index contributed by atoms with van der Waals surface area (Å²) in [6.07, 6.45) is 0. The molecule has 2 aromatic rings. The van der Waals surface area contributed by atoms with Gasteiger partial charge in [0.2, 0.25) is 5.28 Å². The maximum Gasteiger partial charge on any atom is 0.225 e. The SMILES string of the molecule is Cc1cccc(Cn2c(Cl)nnc2C(C)(C)C)n1. The molecule has 0 spiro atoms. The van der Waals surface area contributed by atoms with Gasteiger partial charge >= 0.3 is 0 Å². The minimum atomic E-state index is -0.0933. The summed E-state index contributed by atoms with van der Waals surface area (Å²) in [7, 11) is 0. The highest BCUT2D eigenvalue weighted by Gasteiger charge is 2.23. The molecule has 0 fully saturated rings. The highest BCUT2D eigenvalue weighted by molar-refractivity contribution is 6.28. The van der Waals surface area contributed by atoms with Crippen LogP contribution >= 0.6 is 11.6 Å². The average Bonchev–Trinajstić information content (AvgIpc) is 2.60. The highest BCUT2D eigenvalue weighted by Crippen LogP contribution is 2.23. The molecule has 0 radical (unpaired) electrons. The summed E-state index contributed by atoms with van der Waals surface area (Å²) in [6.45, 7) is 8.84. The summed E-state index contributed by atoms with van der Waals surface area (Å²) >= 11 is 6.10. The van der Waals surface area contributed by atoms with Crippen molar-refractivity contribution in [3.63, 3.8) is 0 Å². The lowest BCUT2D eigenvalue weighted by Crippen LogP contribution is -2.20. The molecule has 0 unspecified atom stereocenters. The third-order valence-electron chi connectivity index (χ3n) is 2.64. The van der Waals surface area contributed by atoms with Crippen molar-refractivity contribution in [2.45, 2.75) is 39.7 Å². The van der Waals surface area contributed by atoms with Crippen molar-refractivity contribution in [2.75, 3.05) is 0 Å². The van der Waals surface area contributed by atoms with Crippen molar-refractivity contribution in [3.05, 3.63) is 40.7 Å².